The Morgan fingerprint density at radius 2 is 2.12 bits per heavy atom. The van der Waals surface area contributed by atoms with E-state index < -0.39 is 0 Å². The molecular formula is C24H34N6O2. The van der Waals surface area contributed by atoms with Gasteiger partial charge in [-0.1, -0.05) is 33.3 Å². The highest BCUT2D eigenvalue weighted by Crippen LogP contribution is 2.35. The number of anilines is 1. The molecule has 0 amide bonds. The van der Waals surface area contributed by atoms with Crippen LogP contribution in [0.5, 0.6) is 0 Å². The lowest BCUT2D eigenvalue weighted by molar-refractivity contribution is 0.140. The molecule has 2 atom stereocenters. The second-order valence-electron chi connectivity index (χ2n) is 8.95. The molecule has 4 rings (SSSR count). The number of nitrogens with zero attached hydrogens (tertiary/aromatic N) is 4. The van der Waals surface area contributed by atoms with Gasteiger partial charge in [0, 0.05) is 31.5 Å². The zero-order valence-corrected chi connectivity index (χ0v) is 19.4. The predicted molar refractivity (Wildman–Crippen MR) is 128 cm³/mol. The first-order valence-corrected chi connectivity index (χ1v) is 11.6. The van der Waals surface area contributed by atoms with Crippen LogP contribution in [0.15, 0.2) is 23.6 Å². The summed E-state index contributed by atoms with van der Waals surface area (Å²) in [6.45, 7) is 9.95. The second kappa shape index (κ2) is 9.32. The number of H-pyrrole nitrogens is 1. The summed E-state index contributed by atoms with van der Waals surface area (Å²) in [7, 11) is 1.91. The van der Waals surface area contributed by atoms with E-state index >= 15 is 0 Å². The smallest absolute Gasteiger partial charge is 0.264 e. The van der Waals surface area contributed by atoms with Crippen molar-refractivity contribution < 1.29 is 4.74 Å². The minimum absolute atomic E-state index is 0.0811. The Bertz CT molecular complexity index is 1170. The number of pyridine rings is 1. The zero-order valence-electron chi connectivity index (χ0n) is 19.4. The van der Waals surface area contributed by atoms with E-state index in [1.165, 1.54) is 6.42 Å². The van der Waals surface area contributed by atoms with Gasteiger partial charge >= 0.3 is 0 Å². The van der Waals surface area contributed by atoms with Crippen LogP contribution in [0.3, 0.4) is 0 Å². The molecule has 3 aromatic rings. The lowest BCUT2D eigenvalue weighted by Gasteiger charge is -2.30. The largest absolute Gasteiger partial charge is 0.382 e. The van der Waals surface area contributed by atoms with Gasteiger partial charge in [-0.3, -0.25) is 14.6 Å². The molecule has 0 saturated heterocycles. The fraction of sp³-hybridized carbons (Fsp3) is 0.542. The van der Waals surface area contributed by atoms with E-state index in [-0.39, 0.29) is 17.4 Å². The third-order valence-corrected chi connectivity index (χ3v) is 6.62. The van der Waals surface area contributed by atoms with Crippen molar-refractivity contribution in [1.29, 1.82) is 0 Å². The Morgan fingerprint density at radius 1 is 1.34 bits per heavy atom. The number of nitrogens with two attached hydrogens (primary N) is 1. The van der Waals surface area contributed by atoms with E-state index in [1.54, 1.807) is 0 Å². The normalized spacial score (nSPS) is 19.0. The van der Waals surface area contributed by atoms with Crippen LogP contribution in [-0.2, 0) is 11.8 Å². The van der Waals surface area contributed by atoms with Crippen molar-refractivity contribution in [2.75, 3.05) is 18.9 Å². The van der Waals surface area contributed by atoms with Gasteiger partial charge in [-0.25, -0.2) is 0 Å². The summed E-state index contributed by atoms with van der Waals surface area (Å²) in [5.41, 5.74) is 10.2. The maximum atomic E-state index is 13.4. The molecule has 1 aliphatic carbocycles. The van der Waals surface area contributed by atoms with Crippen molar-refractivity contribution in [2.45, 2.75) is 58.4 Å². The van der Waals surface area contributed by atoms with Crippen molar-refractivity contribution in [3.8, 4) is 11.3 Å². The molecule has 8 nitrogen and oxygen atoms in total. The Morgan fingerprint density at radius 3 is 2.88 bits per heavy atom. The number of nitrogens with one attached hydrogen (secondary N) is 1. The van der Waals surface area contributed by atoms with E-state index in [1.807, 2.05) is 28.6 Å². The molecule has 0 aromatic carbocycles. The van der Waals surface area contributed by atoms with Crippen molar-refractivity contribution >= 4 is 22.3 Å². The molecule has 0 bridgehead atoms. The van der Waals surface area contributed by atoms with Crippen molar-refractivity contribution in [2.24, 2.45) is 13.0 Å². The number of nitrogen functional groups attached to an aromatic ring is 1. The first kappa shape index (κ1) is 22.3. The molecule has 1 aliphatic rings. The van der Waals surface area contributed by atoms with Crippen molar-refractivity contribution in [3.05, 3.63) is 34.9 Å². The maximum Gasteiger partial charge on any atom is 0.264 e. The number of aromatic nitrogens is 5. The van der Waals surface area contributed by atoms with Crippen LogP contribution in [0, 0.1) is 5.92 Å². The summed E-state index contributed by atoms with van der Waals surface area (Å²) in [4.78, 5) is 13.4. The van der Waals surface area contributed by atoms with Crippen molar-refractivity contribution in [1.82, 2.24) is 24.5 Å². The van der Waals surface area contributed by atoms with Gasteiger partial charge in [0.25, 0.3) is 5.56 Å². The fourth-order valence-corrected chi connectivity index (χ4v) is 4.81. The molecule has 1 fully saturated rings. The highest BCUT2D eigenvalue weighted by atomic mass is 16.5. The van der Waals surface area contributed by atoms with E-state index in [2.05, 4.69) is 30.6 Å². The van der Waals surface area contributed by atoms with Crippen LogP contribution in [0.4, 0.5) is 5.82 Å². The number of aryl methyl sites for hydroxylation is 1. The van der Waals surface area contributed by atoms with Crippen LogP contribution in [0.2, 0.25) is 0 Å². The first-order chi connectivity index (χ1) is 15.4. The minimum atomic E-state index is -0.0811. The summed E-state index contributed by atoms with van der Waals surface area (Å²) < 4.78 is 9.32. The quantitative estimate of drug-likeness (QED) is 0.511. The van der Waals surface area contributed by atoms with Crippen LogP contribution < -0.4 is 11.3 Å². The van der Waals surface area contributed by atoms with Crippen LogP contribution in [0.1, 0.15) is 64.1 Å². The van der Waals surface area contributed by atoms with E-state index in [4.69, 9.17) is 15.6 Å². The fourth-order valence-electron chi connectivity index (χ4n) is 4.81. The van der Waals surface area contributed by atoms with Gasteiger partial charge in [0.2, 0.25) is 0 Å². The highest BCUT2D eigenvalue weighted by Gasteiger charge is 2.27. The molecule has 172 valence electrons. The van der Waals surface area contributed by atoms with Gasteiger partial charge < -0.3 is 15.0 Å². The highest BCUT2D eigenvalue weighted by molar-refractivity contribution is 5.97. The van der Waals surface area contributed by atoms with E-state index in [0.717, 1.165) is 61.2 Å². The average molecular weight is 439 g/mol. The Labute approximate surface area is 188 Å². The molecule has 32 heavy (non-hydrogen) atoms. The number of ether oxygens (including phenoxy) is 1. The topological polar surface area (TPSA) is 104 Å². The third kappa shape index (κ3) is 4.11. The number of rotatable bonds is 8. The van der Waals surface area contributed by atoms with E-state index in [9.17, 15) is 4.79 Å². The first-order valence-electron chi connectivity index (χ1n) is 11.6. The molecule has 8 heteroatoms. The molecule has 0 radical (unpaired) electrons. The zero-order chi connectivity index (χ0) is 22.8. The van der Waals surface area contributed by atoms with Crippen LogP contribution >= 0.6 is 0 Å². The molecule has 0 aliphatic heterocycles. The number of aromatic amines is 1. The lowest BCUT2D eigenvalue weighted by Crippen LogP contribution is -2.30. The third-order valence-electron chi connectivity index (χ3n) is 6.62. The lowest BCUT2D eigenvalue weighted by atomic mass is 9.85. The van der Waals surface area contributed by atoms with Gasteiger partial charge in [0.05, 0.1) is 23.5 Å². The molecule has 2 unspecified atom stereocenters. The monoisotopic (exact) mass is 438 g/mol. The maximum absolute atomic E-state index is 13.4. The minimum Gasteiger partial charge on any atom is -0.382 e. The SMILES string of the molecule is C=C(CCOCCC)c1cc(-c2cn(C3CCCCC3C)c(=O)c3c(N)n[nH]c23)nn1C. The summed E-state index contributed by atoms with van der Waals surface area (Å²) in [6, 6.07) is 2.18. The van der Waals surface area contributed by atoms with Gasteiger partial charge in [0.1, 0.15) is 5.39 Å². The van der Waals surface area contributed by atoms with Crippen molar-refractivity contribution in [3.63, 3.8) is 0 Å². The standard InChI is InChI=1S/C24H34N6O2/c1-5-11-32-12-10-16(3)20-13-18(28-29(20)4)17-14-30(19-9-7-6-8-15(19)2)24(31)21-22(17)26-27-23(21)25/h13-15,19H,3,5-12H2,1-2,4H3,(H3,25,26,27). The summed E-state index contributed by atoms with van der Waals surface area (Å²) >= 11 is 0. The Balaban J connectivity index is 1.75. The van der Waals surface area contributed by atoms with Crippen LogP contribution in [-0.4, -0.2) is 37.8 Å². The Kier molecular flexibility index (Phi) is 6.50. The summed E-state index contributed by atoms with van der Waals surface area (Å²) in [6.07, 6.45) is 8.14. The summed E-state index contributed by atoms with van der Waals surface area (Å²) in [5.74, 6) is 0.666. The summed E-state index contributed by atoms with van der Waals surface area (Å²) in [5, 5.41) is 12.3. The molecular weight excluding hydrogens is 404 g/mol. The second-order valence-corrected chi connectivity index (χ2v) is 8.95. The van der Waals surface area contributed by atoms with Gasteiger partial charge in [0.15, 0.2) is 5.82 Å². The van der Waals surface area contributed by atoms with Gasteiger partial charge in [-0.15, -0.1) is 0 Å². The Hall–Kier alpha value is -2.87. The number of fused-ring (bicyclic) bond motifs is 1. The number of hydrogen-bond donors (Lipinski definition) is 2. The van der Waals surface area contributed by atoms with E-state index in [0.29, 0.717) is 23.4 Å². The van der Waals surface area contributed by atoms with Gasteiger partial charge in [-0.05, 0) is 43.2 Å². The number of hydrogen-bond acceptors (Lipinski definition) is 5. The average Bonchev–Trinajstić information content (AvgIpc) is 3.35. The van der Waals surface area contributed by atoms with Gasteiger partial charge in [-0.2, -0.15) is 10.2 Å². The molecule has 1 saturated carbocycles. The molecule has 3 aromatic heterocycles. The molecule has 3 N–H and O–H groups in total. The predicted octanol–water partition coefficient (Wildman–Crippen LogP) is 4.29. The van der Waals surface area contributed by atoms with Crippen LogP contribution in [0.25, 0.3) is 27.7 Å². The molecule has 3 heterocycles. The molecule has 0 spiro atoms.